The number of amides is 2. The van der Waals surface area contributed by atoms with E-state index in [0.717, 1.165) is 36.2 Å². The first-order valence-electron chi connectivity index (χ1n) is 8.24. The van der Waals surface area contributed by atoms with Crippen LogP contribution in [0.15, 0.2) is 36.9 Å². The van der Waals surface area contributed by atoms with Gasteiger partial charge in [-0.1, -0.05) is 12.1 Å². The molecule has 3 aromatic rings. The third-order valence-electron chi connectivity index (χ3n) is 4.49. The summed E-state index contributed by atoms with van der Waals surface area (Å²) in [4.78, 5) is 38.7. The molecule has 126 valence electrons. The van der Waals surface area contributed by atoms with Crippen LogP contribution in [0.2, 0.25) is 0 Å². The number of hydrogen-bond acceptors (Lipinski definition) is 5. The summed E-state index contributed by atoms with van der Waals surface area (Å²) in [5, 5.41) is 0. The van der Waals surface area contributed by atoms with Gasteiger partial charge in [-0.3, -0.25) is 14.5 Å². The lowest BCUT2D eigenvalue weighted by Gasteiger charge is -2.13. The van der Waals surface area contributed by atoms with Crippen LogP contribution < -0.4 is 0 Å². The number of rotatable bonds is 5. The Morgan fingerprint density at radius 3 is 2.32 bits per heavy atom. The minimum atomic E-state index is -0.197. The Morgan fingerprint density at radius 1 is 0.920 bits per heavy atom. The van der Waals surface area contributed by atoms with Gasteiger partial charge in [-0.15, -0.1) is 0 Å². The lowest BCUT2D eigenvalue weighted by Crippen LogP contribution is -2.30. The highest BCUT2D eigenvalue weighted by Gasteiger charge is 2.34. The maximum atomic E-state index is 12.3. The third kappa shape index (κ3) is 2.57. The van der Waals surface area contributed by atoms with Gasteiger partial charge in [0.2, 0.25) is 0 Å². The van der Waals surface area contributed by atoms with E-state index < -0.39 is 0 Å². The van der Waals surface area contributed by atoms with Gasteiger partial charge in [0.05, 0.1) is 23.1 Å². The van der Waals surface area contributed by atoms with Crippen LogP contribution in [0.3, 0.4) is 0 Å². The van der Waals surface area contributed by atoms with Crippen molar-refractivity contribution >= 4 is 23.0 Å². The number of fused-ring (bicyclic) bond motifs is 2. The molecule has 2 aromatic heterocycles. The first-order chi connectivity index (χ1) is 12.2. The van der Waals surface area contributed by atoms with Crippen molar-refractivity contribution < 1.29 is 9.59 Å². The smallest absolute Gasteiger partial charge is 0.261 e. The number of carbonyl (C=O) groups is 2. The largest absolute Gasteiger partial charge is 0.315 e. The van der Waals surface area contributed by atoms with E-state index in [1.807, 2.05) is 11.5 Å². The topological polar surface area (TPSA) is 81.0 Å². The predicted octanol–water partition coefficient (Wildman–Crippen LogP) is 2.21. The van der Waals surface area contributed by atoms with Crippen LogP contribution in [0, 0.1) is 6.92 Å². The Bertz CT molecular complexity index is 944. The van der Waals surface area contributed by atoms with Crippen molar-refractivity contribution in [3.8, 4) is 0 Å². The van der Waals surface area contributed by atoms with Crippen LogP contribution in [-0.2, 0) is 6.54 Å². The molecular weight excluding hydrogens is 318 g/mol. The molecule has 0 saturated carbocycles. The average Bonchev–Trinajstić information content (AvgIpc) is 3.14. The highest BCUT2D eigenvalue weighted by molar-refractivity contribution is 6.21. The summed E-state index contributed by atoms with van der Waals surface area (Å²) >= 11 is 0. The summed E-state index contributed by atoms with van der Waals surface area (Å²) in [5.74, 6) is -0.394. The Balaban J connectivity index is 1.38. The van der Waals surface area contributed by atoms with E-state index in [1.165, 1.54) is 11.2 Å². The number of unbranched alkanes of at least 4 members (excludes halogenated alkanes) is 1. The highest BCUT2D eigenvalue weighted by atomic mass is 16.2. The number of carbonyl (C=O) groups excluding carboxylic acids is 2. The van der Waals surface area contributed by atoms with Crippen molar-refractivity contribution in [1.82, 2.24) is 24.4 Å². The maximum absolute atomic E-state index is 12.3. The molecule has 0 saturated heterocycles. The Kier molecular flexibility index (Phi) is 3.76. The molecule has 3 heterocycles. The number of imide groups is 1. The molecule has 0 unspecified atom stereocenters. The van der Waals surface area contributed by atoms with E-state index in [4.69, 9.17) is 0 Å². The standard InChI is InChI=1S/C18H17N5O2/c1-12-15-16(20-10-19-12)22(11-21-15)8-4-5-9-23-17(24)13-6-2-3-7-14(13)18(23)25/h2-3,6-7,10-11H,4-5,8-9H2,1H3. The Morgan fingerprint density at radius 2 is 1.60 bits per heavy atom. The van der Waals surface area contributed by atoms with Gasteiger partial charge in [-0.05, 0) is 31.9 Å². The molecule has 1 aliphatic rings. The van der Waals surface area contributed by atoms with Crippen molar-refractivity contribution in [3.63, 3.8) is 0 Å². The van der Waals surface area contributed by atoms with Gasteiger partial charge in [0.25, 0.3) is 11.8 Å². The van der Waals surface area contributed by atoms with E-state index in [2.05, 4.69) is 15.0 Å². The molecular formula is C18H17N5O2. The van der Waals surface area contributed by atoms with Gasteiger partial charge < -0.3 is 4.57 Å². The first kappa shape index (κ1) is 15.4. The number of aryl methyl sites for hydroxylation is 2. The molecule has 0 fully saturated rings. The van der Waals surface area contributed by atoms with E-state index >= 15 is 0 Å². The second kappa shape index (κ2) is 6.08. The van der Waals surface area contributed by atoms with Gasteiger partial charge in [0, 0.05) is 13.1 Å². The van der Waals surface area contributed by atoms with Crippen molar-refractivity contribution in [1.29, 1.82) is 0 Å². The van der Waals surface area contributed by atoms with Crippen molar-refractivity contribution in [2.45, 2.75) is 26.3 Å². The van der Waals surface area contributed by atoms with Crippen molar-refractivity contribution in [2.75, 3.05) is 6.54 Å². The van der Waals surface area contributed by atoms with Crippen LogP contribution in [0.4, 0.5) is 0 Å². The molecule has 0 spiro atoms. The molecule has 0 aliphatic carbocycles. The number of aromatic nitrogens is 4. The van der Waals surface area contributed by atoms with Crippen molar-refractivity contribution in [2.24, 2.45) is 0 Å². The summed E-state index contributed by atoms with van der Waals surface area (Å²) in [6, 6.07) is 6.97. The summed E-state index contributed by atoms with van der Waals surface area (Å²) in [6.45, 7) is 3.06. The molecule has 1 aromatic carbocycles. The van der Waals surface area contributed by atoms with E-state index in [1.54, 1.807) is 30.6 Å². The number of nitrogens with zero attached hydrogens (tertiary/aromatic N) is 5. The Labute approximate surface area is 144 Å². The number of benzene rings is 1. The molecule has 2 amide bonds. The molecule has 0 N–H and O–H groups in total. The van der Waals surface area contributed by atoms with Crippen LogP contribution in [-0.4, -0.2) is 42.8 Å². The molecule has 0 atom stereocenters. The minimum absolute atomic E-state index is 0.197. The van der Waals surface area contributed by atoms with E-state index in [-0.39, 0.29) is 11.8 Å². The SMILES string of the molecule is Cc1ncnc2c1ncn2CCCCN1C(=O)c2ccccc2C1=O. The molecule has 25 heavy (non-hydrogen) atoms. The van der Waals surface area contributed by atoms with Gasteiger partial charge in [-0.2, -0.15) is 0 Å². The Hall–Kier alpha value is -3.09. The van der Waals surface area contributed by atoms with Gasteiger partial charge in [0.1, 0.15) is 11.8 Å². The monoisotopic (exact) mass is 335 g/mol. The molecule has 1 aliphatic heterocycles. The molecule has 0 bridgehead atoms. The van der Waals surface area contributed by atoms with Gasteiger partial charge in [0.15, 0.2) is 5.65 Å². The lowest BCUT2D eigenvalue weighted by molar-refractivity contribution is 0.0651. The second-order valence-corrected chi connectivity index (χ2v) is 6.08. The molecule has 4 rings (SSSR count). The quantitative estimate of drug-likeness (QED) is 0.527. The fraction of sp³-hybridized carbons (Fsp3) is 0.278. The lowest BCUT2D eigenvalue weighted by atomic mass is 10.1. The maximum Gasteiger partial charge on any atom is 0.261 e. The number of hydrogen-bond donors (Lipinski definition) is 0. The second-order valence-electron chi connectivity index (χ2n) is 6.08. The zero-order valence-electron chi connectivity index (χ0n) is 13.8. The van der Waals surface area contributed by atoms with Crippen LogP contribution in [0.5, 0.6) is 0 Å². The minimum Gasteiger partial charge on any atom is -0.315 e. The summed E-state index contributed by atoms with van der Waals surface area (Å²) in [5.41, 5.74) is 3.48. The molecule has 0 radical (unpaired) electrons. The number of imidazole rings is 1. The predicted molar refractivity (Wildman–Crippen MR) is 91.1 cm³/mol. The average molecular weight is 335 g/mol. The fourth-order valence-corrected chi connectivity index (χ4v) is 3.16. The summed E-state index contributed by atoms with van der Waals surface area (Å²) in [7, 11) is 0. The zero-order valence-corrected chi connectivity index (χ0v) is 13.8. The van der Waals surface area contributed by atoms with E-state index in [0.29, 0.717) is 17.7 Å². The van der Waals surface area contributed by atoms with Gasteiger partial charge in [-0.25, -0.2) is 15.0 Å². The summed E-state index contributed by atoms with van der Waals surface area (Å²) in [6.07, 6.45) is 4.85. The normalized spacial score (nSPS) is 13.7. The molecule has 7 heteroatoms. The van der Waals surface area contributed by atoms with E-state index in [9.17, 15) is 9.59 Å². The third-order valence-corrected chi connectivity index (χ3v) is 4.49. The highest BCUT2D eigenvalue weighted by Crippen LogP contribution is 2.22. The van der Waals surface area contributed by atoms with Crippen molar-refractivity contribution in [3.05, 3.63) is 53.7 Å². The van der Waals surface area contributed by atoms with Crippen LogP contribution in [0.1, 0.15) is 39.3 Å². The fourth-order valence-electron chi connectivity index (χ4n) is 3.16. The summed E-state index contributed by atoms with van der Waals surface area (Å²) < 4.78 is 1.98. The van der Waals surface area contributed by atoms with Gasteiger partial charge >= 0.3 is 0 Å². The zero-order chi connectivity index (χ0) is 17.4. The first-order valence-corrected chi connectivity index (χ1v) is 8.24. The van der Waals surface area contributed by atoms with Crippen LogP contribution >= 0.6 is 0 Å². The molecule has 7 nitrogen and oxygen atoms in total. The van der Waals surface area contributed by atoms with Crippen LogP contribution in [0.25, 0.3) is 11.2 Å².